The van der Waals surface area contributed by atoms with E-state index >= 15 is 0 Å². The molecular weight excluding hydrogens is 258 g/mol. The fraction of sp³-hybridized carbons (Fsp3) is 0.357. The number of hydrogen-bond acceptors (Lipinski definition) is 4. The van der Waals surface area contributed by atoms with Crippen LogP contribution >= 0.6 is 11.3 Å². The third-order valence-corrected chi connectivity index (χ3v) is 4.33. The second-order valence-corrected chi connectivity index (χ2v) is 6.09. The summed E-state index contributed by atoms with van der Waals surface area (Å²) in [4.78, 5) is 16.9. The third kappa shape index (κ3) is 1.94. The molecule has 1 aromatic carbocycles. The zero-order valence-electron chi connectivity index (χ0n) is 11.1. The predicted octanol–water partition coefficient (Wildman–Crippen LogP) is 3.29. The first-order chi connectivity index (χ1) is 9.08. The molecule has 0 aliphatic carbocycles. The molecule has 98 valence electrons. The van der Waals surface area contributed by atoms with Gasteiger partial charge in [-0.2, -0.15) is 10.1 Å². The molecule has 0 fully saturated rings. The van der Waals surface area contributed by atoms with Gasteiger partial charge in [0, 0.05) is 5.71 Å². The minimum Gasteiger partial charge on any atom is -0.272 e. The minimum atomic E-state index is -0.119. The van der Waals surface area contributed by atoms with Crippen molar-refractivity contribution in [1.29, 1.82) is 0 Å². The molecule has 0 spiro atoms. The number of carbonyl (C=O) groups excluding carboxylic acids is 1. The van der Waals surface area contributed by atoms with Gasteiger partial charge in [-0.3, -0.25) is 4.79 Å². The average Bonchev–Trinajstić information content (AvgIpc) is 2.89. The number of benzene rings is 1. The molecule has 0 radical (unpaired) electrons. The van der Waals surface area contributed by atoms with Crippen LogP contribution in [0.25, 0.3) is 10.2 Å². The standard InChI is InChI=1S/C14H15N3OS/c1-8(2)12-9(3)16-17(13(12)18)14-15-10-6-4-5-7-11(10)19-14/h4-8,12H,1-3H3. The molecule has 3 rings (SSSR count). The molecule has 1 aromatic heterocycles. The molecule has 1 amide bonds. The lowest BCUT2D eigenvalue weighted by Crippen LogP contribution is -2.30. The summed E-state index contributed by atoms with van der Waals surface area (Å²) in [5.41, 5.74) is 1.79. The highest BCUT2D eigenvalue weighted by Crippen LogP contribution is 2.33. The van der Waals surface area contributed by atoms with Gasteiger partial charge in [-0.25, -0.2) is 4.98 Å². The summed E-state index contributed by atoms with van der Waals surface area (Å²) in [5, 5.41) is 6.51. The highest BCUT2D eigenvalue weighted by atomic mass is 32.1. The van der Waals surface area contributed by atoms with E-state index in [9.17, 15) is 4.79 Å². The minimum absolute atomic E-state index is 0.0338. The second kappa shape index (κ2) is 4.42. The zero-order valence-corrected chi connectivity index (χ0v) is 11.9. The fourth-order valence-corrected chi connectivity index (χ4v) is 3.36. The molecule has 1 aliphatic heterocycles. The molecule has 0 saturated heterocycles. The number of fused-ring (bicyclic) bond motifs is 1. The van der Waals surface area contributed by atoms with Crippen LogP contribution in [0.1, 0.15) is 20.8 Å². The van der Waals surface area contributed by atoms with Crippen molar-refractivity contribution < 1.29 is 4.79 Å². The first-order valence-corrected chi connectivity index (χ1v) is 7.14. The van der Waals surface area contributed by atoms with Gasteiger partial charge in [0.2, 0.25) is 5.13 Å². The fourth-order valence-electron chi connectivity index (χ4n) is 2.43. The lowest BCUT2D eigenvalue weighted by atomic mass is 9.92. The normalized spacial score (nSPS) is 19.6. The molecule has 1 aliphatic rings. The highest BCUT2D eigenvalue weighted by Gasteiger charge is 2.37. The van der Waals surface area contributed by atoms with Crippen LogP contribution in [0, 0.1) is 11.8 Å². The number of rotatable bonds is 2. The molecule has 0 saturated carbocycles. The van der Waals surface area contributed by atoms with E-state index in [1.165, 1.54) is 16.3 Å². The van der Waals surface area contributed by atoms with E-state index < -0.39 is 0 Å². The van der Waals surface area contributed by atoms with E-state index in [-0.39, 0.29) is 17.7 Å². The van der Waals surface area contributed by atoms with Gasteiger partial charge >= 0.3 is 0 Å². The van der Waals surface area contributed by atoms with Crippen molar-refractivity contribution in [2.24, 2.45) is 16.9 Å². The molecular formula is C14H15N3OS. The van der Waals surface area contributed by atoms with E-state index in [0.717, 1.165) is 15.9 Å². The predicted molar refractivity (Wildman–Crippen MR) is 78.5 cm³/mol. The Hall–Kier alpha value is -1.75. The topological polar surface area (TPSA) is 45.6 Å². The molecule has 1 unspecified atom stereocenters. The van der Waals surface area contributed by atoms with Crippen LogP contribution < -0.4 is 5.01 Å². The molecule has 1 atom stereocenters. The van der Waals surface area contributed by atoms with Gasteiger partial charge in [0.05, 0.1) is 16.1 Å². The maximum absolute atomic E-state index is 12.4. The molecule has 2 heterocycles. The van der Waals surface area contributed by atoms with Crippen molar-refractivity contribution in [3.63, 3.8) is 0 Å². The Labute approximate surface area is 115 Å². The number of hydrazone groups is 1. The van der Waals surface area contributed by atoms with Crippen LogP contribution in [0.3, 0.4) is 0 Å². The number of anilines is 1. The van der Waals surface area contributed by atoms with Crippen LogP contribution in [-0.4, -0.2) is 16.6 Å². The SMILES string of the molecule is CC1=NN(c2nc3ccccc3s2)C(=O)C1C(C)C. The molecule has 19 heavy (non-hydrogen) atoms. The van der Waals surface area contributed by atoms with Crippen LogP contribution in [0.15, 0.2) is 29.4 Å². The number of hydrogen-bond donors (Lipinski definition) is 0. The van der Waals surface area contributed by atoms with Crippen LogP contribution in [0.5, 0.6) is 0 Å². The smallest absolute Gasteiger partial charge is 0.258 e. The van der Waals surface area contributed by atoms with Crippen molar-refractivity contribution in [2.45, 2.75) is 20.8 Å². The van der Waals surface area contributed by atoms with Crippen LogP contribution in [0.2, 0.25) is 0 Å². The van der Waals surface area contributed by atoms with Crippen LogP contribution in [-0.2, 0) is 4.79 Å². The summed E-state index contributed by atoms with van der Waals surface area (Å²) >= 11 is 1.50. The summed E-state index contributed by atoms with van der Waals surface area (Å²) in [7, 11) is 0. The highest BCUT2D eigenvalue weighted by molar-refractivity contribution is 7.22. The van der Waals surface area contributed by atoms with Gasteiger partial charge in [0.1, 0.15) is 0 Å². The lowest BCUT2D eigenvalue weighted by Gasteiger charge is -2.14. The van der Waals surface area contributed by atoms with Gasteiger partial charge in [-0.15, -0.1) is 0 Å². The summed E-state index contributed by atoms with van der Waals surface area (Å²) in [6.07, 6.45) is 0. The largest absolute Gasteiger partial charge is 0.272 e. The molecule has 4 nitrogen and oxygen atoms in total. The number of nitrogens with zero attached hydrogens (tertiary/aromatic N) is 3. The second-order valence-electron chi connectivity index (χ2n) is 5.08. The number of para-hydroxylation sites is 1. The van der Waals surface area contributed by atoms with E-state index in [1.807, 2.05) is 45.0 Å². The van der Waals surface area contributed by atoms with Gasteiger partial charge in [-0.1, -0.05) is 37.3 Å². The molecule has 5 heteroatoms. The Morgan fingerprint density at radius 3 is 2.68 bits per heavy atom. The molecule has 0 N–H and O–H groups in total. The van der Waals surface area contributed by atoms with E-state index in [1.54, 1.807) is 0 Å². The van der Waals surface area contributed by atoms with Crippen molar-refractivity contribution in [3.05, 3.63) is 24.3 Å². The lowest BCUT2D eigenvalue weighted by molar-refractivity contribution is -0.120. The van der Waals surface area contributed by atoms with Gasteiger partial charge in [0.15, 0.2) is 0 Å². The zero-order chi connectivity index (χ0) is 13.6. The Balaban J connectivity index is 2.01. The summed E-state index contributed by atoms with van der Waals surface area (Å²) in [6, 6.07) is 7.88. The number of thiazole rings is 1. The Kier molecular flexibility index (Phi) is 2.86. The summed E-state index contributed by atoms with van der Waals surface area (Å²) < 4.78 is 1.08. The monoisotopic (exact) mass is 273 g/mol. The summed E-state index contributed by atoms with van der Waals surface area (Å²) in [6.45, 7) is 6.00. The Morgan fingerprint density at radius 1 is 1.32 bits per heavy atom. The van der Waals surface area contributed by atoms with Crippen molar-refractivity contribution in [2.75, 3.05) is 5.01 Å². The Morgan fingerprint density at radius 2 is 2.05 bits per heavy atom. The first kappa shape index (κ1) is 12.3. The number of amides is 1. The first-order valence-electron chi connectivity index (χ1n) is 6.32. The van der Waals surface area contributed by atoms with E-state index in [0.29, 0.717) is 5.13 Å². The van der Waals surface area contributed by atoms with Crippen molar-refractivity contribution >= 4 is 38.3 Å². The summed E-state index contributed by atoms with van der Waals surface area (Å²) in [5.74, 6) is 0.175. The van der Waals surface area contributed by atoms with Gasteiger partial charge in [0.25, 0.3) is 5.91 Å². The van der Waals surface area contributed by atoms with E-state index in [2.05, 4.69) is 10.1 Å². The van der Waals surface area contributed by atoms with Crippen molar-refractivity contribution in [3.8, 4) is 0 Å². The number of aromatic nitrogens is 1. The molecule has 2 aromatic rings. The van der Waals surface area contributed by atoms with Crippen molar-refractivity contribution in [1.82, 2.24) is 4.98 Å². The quantitative estimate of drug-likeness (QED) is 0.842. The third-order valence-electron chi connectivity index (χ3n) is 3.31. The van der Waals surface area contributed by atoms with Gasteiger partial charge < -0.3 is 0 Å². The van der Waals surface area contributed by atoms with Crippen LogP contribution in [0.4, 0.5) is 5.13 Å². The average molecular weight is 273 g/mol. The maximum atomic E-state index is 12.4. The number of carbonyl (C=O) groups is 1. The molecule has 0 bridgehead atoms. The maximum Gasteiger partial charge on any atom is 0.258 e. The van der Waals surface area contributed by atoms with Gasteiger partial charge in [-0.05, 0) is 25.0 Å². The van der Waals surface area contributed by atoms with E-state index in [4.69, 9.17) is 0 Å². The Bertz CT molecular complexity index is 641.